The van der Waals surface area contributed by atoms with E-state index in [1.165, 1.54) is 421 Å². The smallest absolute Gasteiger partial charge is 0.146 e. The fourth-order valence-corrected chi connectivity index (χ4v) is 25.4. The number of fused-ring (bicyclic) bond motifs is 4. The summed E-state index contributed by atoms with van der Waals surface area (Å²) in [5.74, 6) is 3.11. The van der Waals surface area contributed by atoms with Crippen molar-refractivity contribution >= 4 is 88.2 Å². The molecule has 4 aliphatic carbocycles. The third-order valence-corrected chi connectivity index (χ3v) is 33.0. The highest BCUT2D eigenvalue weighted by Crippen LogP contribution is 2.58. The Bertz CT molecular complexity index is 4160. The quantitative estimate of drug-likeness (QED) is 0.0354. The minimum Gasteiger partial charge on any atom is -0.491 e. The lowest BCUT2D eigenvalue weighted by Gasteiger charge is -2.19. The molecular weight excluding hydrogens is 1550 g/mol. The van der Waals surface area contributed by atoms with Crippen LogP contribution in [0.5, 0.6) is 11.5 Å². The van der Waals surface area contributed by atoms with Crippen LogP contribution < -0.4 is 9.47 Å². The van der Waals surface area contributed by atoms with Crippen LogP contribution in [0.25, 0.3) is 104 Å². The highest BCUT2D eigenvalue weighted by Gasteiger charge is 2.30. The number of rotatable bonds is 64. The summed E-state index contributed by atoms with van der Waals surface area (Å²) >= 11 is 12.0. The maximum Gasteiger partial charge on any atom is 0.146 e. The van der Waals surface area contributed by atoms with Gasteiger partial charge in [-0.15, -0.1) is 68.0 Å². The maximum absolute atomic E-state index is 7.67. The topological polar surface area (TPSA) is 18.5 Å². The first kappa shape index (κ1) is 93.6. The molecule has 6 aromatic heterocycles. The van der Waals surface area contributed by atoms with Crippen LogP contribution in [0.15, 0.2) is 120 Å². The number of hydrogen-bond donors (Lipinski definition) is 0. The number of benzene rings is 1. The van der Waals surface area contributed by atoms with Crippen molar-refractivity contribution in [3.05, 3.63) is 142 Å². The molecule has 0 saturated carbocycles. The maximum atomic E-state index is 7.67. The van der Waals surface area contributed by atoms with Gasteiger partial charge in [-0.2, -0.15) is 0 Å². The van der Waals surface area contributed by atoms with E-state index >= 15 is 0 Å². The molecule has 2 atom stereocenters. The Morgan fingerprint density at radius 3 is 0.814 bits per heavy atom. The molecular formula is C110H154O2S6. The fourth-order valence-electron chi connectivity index (χ4n) is 18.5. The van der Waals surface area contributed by atoms with Crippen LogP contribution in [0.2, 0.25) is 0 Å². The summed E-state index contributed by atoms with van der Waals surface area (Å²) in [6.07, 6.45) is 68.1. The highest BCUT2D eigenvalue weighted by molar-refractivity contribution is 7.29. The predicted octanol–water partition coefficient (Wildman–Crippen LogP) is 39.6. The van der Waals surface area contributed by atoms with Gasteiger partial charge in [-0.05, 0) is 180 Å². The molecule has 1 aromatic carbocycles. The summed E-state index contributed by atoms with van der Waals surface area (Å²) in [4.78, 5) is 11.3. The Morgan fingerprint density at radius 2 is 0.517 bits per heavy atom. The van der Waals surface area contributed by atoms with Gasteiger partial charge in [0.25, 0.3) is 0 Å². The summed E-state index contributed by atoms with van der Waals surface area (Å²) in [5, 5.41) is 7.21. The van der Waals surface area contributed by atoms with Gasteiger partial charge < -0.3 is 9.47 Å². The summed E-state index contributed by atoms with van der Waals surface area (Å²) in [6.45, 7) is 20.2. The molecule has 0 aliphatic heterocycles. The van der Waals surface area contributed by atoms with Gasteiger partial charge in [0.15, 0.2) is 0 Å². The zero-order chi connectivity index (χ0) is 82.1. The number of ether oxygens (including phenoxy) is 2. The first-order valence-electron chi connectivity index (χ1n) is 49.0. The minimum atomic E-state index is 0.482. The second-order valence-electron chi connectivity index (χ2n) is 35.4. The van der Waals surface area contributed by atoms with E-state index in [4.69, 9.17) is 9.47 Å². The van der Waals surface area contributed by atoms with Gasteiger partial charge in [0.05, 0.1) is 22.6 Å². The van der Waals surface area contributed by atoms with Crippen molar-refractivity contribution in [3.8, 4) is 95.0 Å². The number of unbranched alkanes of at least 4 members (excludes halogenated alkanes) is 38. The Morgan fingerprint density at radius 1 is 0.246 bits per heavy atom. The van der Waals surface area contributed by atoms with E-state index in [1.807, 2.05) is 45.3 Å². The molecule has 642 valence electrons. The molecule has 0 radical (unpaired) electrons. The molecule has 6 heterocycles. The first-order valence-corrected chi connectivity index (χ1v) is 54.1. The van der Waals surface area contributed by atoms with Gasteiger partial charge in [0.1, 0.15) is 11.5 Å². The van der Waals surface area contributed by atoms with E-state index in [2.05, 4.69) is 198 Å². The molecule has 0 amide bonds. The van der Waals surface area contributed by atoms with Gasteiger partial charge in [0.2, 0.25) is 0 Å². The molecule has 0 saturated heterocycles. The number of thiophene rings is 6. The molecule has 0 N–H and O–H groups in total. The Kier molecular flexibility index (Phi) is 42.2. The van der Waals surface area contributed by atoms with E-state index < -0.39 is 0 Å². The van der Waals surface area contributed by atoms with Gasteiger partial charge in [0, 0.05) is 72.0 Å². The van der Waals surface area contributed by atoms with Crippen molar-refractivity contribution in [3.63, 3.8) is 0 Å². The zero-order valence-corrected chi connectivity index (χ0v) is 80.1. The largest absolute Gasteiger partial charge is 0.491 e. The summed E-state index contributed by atoms with van der Waals surface area (Å²) in [5.41, 5.74) is 17.3. The molecule has 118 heavy (non-hydrogen) atoms. The fraction of sp³-hybridized carbons (Fsp3) is 0.582. The Hall–Kier alpha value is -5.06. The molecule has 0 fully saturated rings. The van der Waals surface area contributed by atoms with E-state index in [9.17, 15) is 0 Å². The summed E-state index contributed by atoms with van der Waals surface area (Å²) in [6, 6.07) is 44.0. The van der Waals surface area contributed by atoms with Crippen LogP contribution in [-0.4, -0.2) is 13.2 Å². The SMILES string of the molecule is CCCCCCCCCCCCc1ccsc1-c1cc(-c2sc(-c3cc4c(OCC(CC)CCCC)c5sc(-c6cc(CCCCCCCCCCCC)c(-c7cc(-c8sccc8CCCCCCCCCCCC)c8cccccc7-8)s6)cc5c(OCC(CC)CCCC)c4s3)cc2CCCCCCCCCCCC)c2cccccc1-2. The lowest BCUT2D eigenvalue weighted by atomic mass is 10.00. The third-order valence-electron chi connectivity index (χ3n) is 26.0. The average Bonchev–Trinajstić information content (AvgIpc) is 1.57. The second kappa shape index (κ2) is 53.2. The monoisotopic (exact) mass is 1700 g/mol. The Labute approximate surface area is 743 Å². The number of hydrogen-bond acceptors (Lipinski definition) is 8. The van der Waals surface area contributed by atoms with E-state index in [1.54, 1.807) is 0 Å². The lowest BCUT2D eigenvalue weighted by Crippen LogP contribution is -2.12. The molecule has 4 aliphatic rings. The molecule has 2 unspecified atom stereocenters. The van der Waals surface area contributed by atoms with Gasteiger partial charge >= 0.3 is 0 Å². The number of aryl methyl sites for hydroxylation is 4. The zero-order valence-electron chi connectivity index (χ0n) is 75.2. The molecule has 11 rings (SSSR count). The third kappa shape index (κ3) is 27.5. The predicted molar refractivity (Wildman–Crippen MR) is 534 cm³/mol. The van der Waals surface area contributed by atoms with Gasteiger partial charge in [-0.3, -0.25) is 0 Å². The van der Waals surface area contributed by atoms with E-state index in [0.717, 1.165) is 63.2 Å². The van der Waals surface area contributed by atoms with Crippen molar-refractivity contribution in [2.75, 3.05) is 13.2 Å². The van der Waals surface area contributed by atoms with Crippen molar-refractivity contribution < 1.29 is 9.47 Å². The summed E-state index contributed by atoms with van der Waals surface area (Å²) < 4.78 is 17.8. The van der Waals surface area contributed by atoms with Crippen LogP contribution in [0.4, 0.5) is 0 Å². The molecule has 8 heteroatoms. The normalized spacial score (nSPS) is 12.5. The second-order valence-corrected chi connectivity index (χ2v) is 41.5. The van der Waals surface area contributed by atoms with Crippen molar-refractivity contribution in [2.45, 2.75) is 389 Å². The van der Waals surface area contributed by atoms with Crippen LogP contribution in [0, 0.1) is 11.8 Å². The van der Waals surface area contributed by atoms with Crippen LogP contribution in [0.3, 0.4) is 0 Å². The van der Waals surface area contributed by atoms with Crippen molar-refractivity contribution in [1.29, 1.82) is 0 Å². The first-order chi connectivity index (χ1) is 58.3. The molecule has 2 nitrogen and oxygen atoms in total. The standard InChI is InChI=1S/C110H154O2S6/c1-9-17-23-27-31-35-39-43-47-53-63-85-71-73-113-105(85)93-77-95(91-69-59-51-57-67-89(91)93)107-87(65-55-49-45-41-37-33-29-25-19-11-3)75-99(115-107)101-79-97-103(111-81-83(15-7)61-21-13-5)110-98(104(109(97)117-101)112-82-84(16-8)62-22-14-6)80-102(118-110)100-76-88(66-56-50-46-42-38-34-30-26-20-12-4)108(116-100)96-78-94(90-68-58-52-60-70-92(90)96)106-86(72-74-114-106)64-54-48-44-40-36-32-28-24-18-10-2/h51-52,57-60,67-80,83-84H,9-50,53-56,61-66,81-82H2,1-8H3. The van der Waals surface area contributed by atoms with Crippen LogP contribution >= 0.6 is 68.0 Å². The summed E-state index contributed by atoms with van der Waals surface area (Å²) in [7, 11) is 0. The van der Waals surface area contributed by atoms with Crippen molar-refractivity contribution in [2.24, 2.45) is 11.8 Å². The molecule has 0 spiro atoms. The van der Waals surface area contributed by atoms with Crippen LogP contribution in [-0.2, 0) is 25.7 Å². The van der Waals surface area contributed by atoms with E-state index in [-0.39, 0.29) is 0 Å². The molecule has 0 bridgehead atoms. The van der Waals surface area contributed by atoms with Gasteiger partial charge in [-0.25, -0.2) is 0 Å². The lowest BCUT2D eigenvalue weighted by molar-refractivity contribution is 0.235. The van der Waals surface area contributed by atoms with Crippen LogP contribution in [0.1, 0.15) is 386 Å². The average molecular weight is 1700 g/mol. The van der Waals surface area contributed by atoms with Crippen molar-refractivity contribution in [1.82, 2.24) is 0 Å². The van der Waals surface area contributed by atoms with E-state index in [0.29, 0.717) is 11.8 Å². The van der Waals surface area contributed by atoms with Gasteiger partial charge in [-0.1, -0.05) is 386 Å². The molecule has 7 aromatic rings. The Balaban J connectivity index is 0.994. The highest BCUT2D eigenvalue weighted by atomic mass is 32.1. The minimum absolute atomic E-state index is 0.482.